The molecule has 0 radical (unpaired) electrons. The fraction of sp³-hybridized carbons (Fsp3) is 0.243. The lowest BCUT2D eigenvalue weighted by atomic mass is 9.84. The molecule has 1 aliphatic heterocycles. The predicted molar refractivity (Wildman–Crippen MR) is 174 cm³/mol. The number of hydrazine groups is 1. The van der Waals surface area contributed by atoms with Crippen molar-refractivity contribution in [2.45, 2.75) is 37.3 Å². The van der Waals surface area contributed by atoms with Crippen molar-refractivity contribution >= 4 is 17.9 Å². The Morgan fingerprint density at radius 2 is 1.57 bits per heavy atom. The number of aliphatic hydroxyl groups excluding tert-OH is 1. The van der Waals surface area contributed by atoms with Crippen LogP contribution in [0.15, 0.2) is 126 Å². The number of aliphatic hydroxyl groups is 1. The number of hydrogen-bond acceptors (Lipinski definition) is 6. The molecule has 7 nitrogen and oxygen atoms in total. The monoisotopic (exact) mass is 589 g/mol. The zero-order chi connectivity index (χ0) is 30.5. The van der Waals surface area contributed by atoms with Crippen LogP contribution >= 0.6 is 0 Å². The maximum absolute atomic E-state index is 14.2. The summed E-state index contributed by atoms with van der Waals surface area (Å²) in [5.74, 6) is 0.825. The minimum absolute atomic E-state index is 0.0777. The third-order valence-corrected chi connectivity index (χ3v) is 7.48. The fourth-order valence-electron chi connectivity index (χ4n) is 5.16. The van der Waals surface area contributed by atoms with Crippen LogP contribution in [0.25, 0.3) is 6.08 Å². The molecule has 0 saturated heterocycles. The molecule has 3 N–H and O–H groups in total. The first kappa shape index (κ1) is 30.7. The number of hydrogen-bond donors (Lipinski definition) is 3. The molecule has 0 saturated carbocycles. The van der Waals surface area contributed by atoms with Crippen LogP contribution in [0, 0.1) is 0 Å². The SMILES string of the molecule is O=C(NNCCCc1ccccc1)[C@@]1(C/C=C/c2ccccc2)N=C(c2ccc(OCCCO)cc2)O[C@H]1c1ccccc1. The average Bonchev–Trinajstić information content (AvgIpc) is 3.47. The molecule has 0 aromatic heterocycles. The molecule has 7 heteroatoms. The van der Waals surface area contributed by atoms with E-state index in [2.05, 4.69) is 23.0 Å². The summed E-state index contributed by atoms with van der Waals surface area (Å²) in [5.41, 5.74) is 8.75. The minimum Gasteiger partial charge on any atom is -0.494 e. The maximum Gasteiger partial charge on any atom is 0.266 e. The Bertz CT molecular complexity index is 1510. The van der Waals surface area contributed by atoms with Crippen LogP contribution in [0.2, 0.25) is 0 Å². The summed E-state index contributed by atoms with van der Waals surface area (Å²) in [6.45, 7) is 1.12. The van der Waals surface area contributed by atoms with Crippen LogP contribution in [0.4, 0.5) is 0 Å². The van der Waals surface area contributed by atoms with Crippen molar-refractivity contribution in [3.05, 3.63) is 144 Å². The molecule has 226 valence electrons. The first-order valence-electron chi connectivity index (χ1n) is 15.1. The largest absolute Gasteiger partial charge is 0.494 e. The van der Waals surface area contributed by atoms with Crippen molar-refractivity contribution in [3.8, 4) is 5.75 Å². The van der Waals surface area contributed by atoms with Crippen LogP contribution in [-0.4, -0.2) is 42.2 Å². The van der Waals surface area contributed by atoms with Gasteiger partial charge >= 0.3 is 0 Å². The number of benzene rings is 4. The molecule has 44 heavy (non-hydrogen) atoms. The Morgan fingerprint density at radius 1 is 0.886 bits per heavy atom. The van der Waals surface area contributed by atoms with E-state index in [-0.39, 0.29) is 12.5 Å². The quantitative estimate of drug-likeness (QED) is 0.116. The summed E-state index contributed by atoms with van der Waals surface area (Å²) < 4.78 is 12.2. The molecule has 1 heterocycles. The normalized spacial score (nSPS) is 17.7. The van der Waals surface area contributed by atoms with Crippen LogP contribution in [-0.2, 0) is 16.0 Å². The number of carbonyl (C=O) groups is 1. The highest BCUT2D eigenvalue weighted by molar-refractivity contribution is 6.01. The maximum atomic E-state index is 14.2. The number of nitrogens with one attached hydrogen (secondary N) is 2. The third kappa shape index (κ3) is 8.01. The first-order chi connectivity index (χ1) is 21.7. The van der Waals surface area contributed by atoms with Crippen molar-refractivity contribution in [1.29, 1.82) is 0 Å². The molecule has 1 amide bonds. The summed E-state index contributed by atoms with van der Waals surface area (Å²) in [6, 6.07) is 37.5. The van der Waals surface area contributed by atoms with E-state index < -0.39 is 11.6 Å². The number of aryl methyl sites for hydroxylation is 1. The number of nitrogens with zero attached hydrogens (tertiary/aromatic N) is 1. The zero-order valence-corrected chi connectivity index (χ0v) is 24.8. The smallest absolute Gasteiger partial charge is 0.266 e. The molecule has 1 aliphatic rings. The van der Waals surface area contributed by atoms with E-state index in [1.807, 2.05) is 115 Å². The summed E-state index contributed by atoms with van der Waals surface area (Å²) >= 11 is 0. The van der Waals surface area contributed by atoms with Gasteiger partial charge in [0, 0.05) is 31.6 Å². The summed E-state index contributed by atoms with van der Waals surface area (Å²) in [6.07, 6.45) is 6.02. The van der Waals surface area contributed by atoms with E-state index >= 15 is 0 Å². The number of amides is 1. The van der Waals surface area contributed by atoms with E-state index in [1.54, 1.807) is 0 Å². The highest BCUT2D eigenvalue weighted by atomic mass is 16.5. The van der Waals surface area contributed by atoms with Crippen molar-refractivity contribution in [3.63, 3.8) is 0 Å². The van der Waals surface area contributed by atoms with E-state index in [1.165, 1.54) is 5.56 Å². The average molecular weight is 590 g/mol. The molecule has 4 aromatic carbocycles. The number of carbonyl (C=O) groups excluding carboxylic acids is 1. The van der Waals surface area contributed by atoms with Gasteiger partial charge in [-0.1, -0.05) is 103 Å². The summed E-state index contributed by atoms with van der Waals surface area (Å²) in [4.78, 5) is 19.2. The number of ether oxygens (including phenoxy) is 2. The second-order valence-electron chi connectivity index (χ2n) is 10.7. The Balaban J connectivity index is 1.40. The molecule has 0 aliphatic carbocycles. The van der Waals surface area contributed by atoms with Crippen molar-refractivity contribution in [2.75, 3.05) is 19.8 Å². The lowest BCUT2D eigenvalue weighted by Crippen LogP contribution is -2.52. The van der Waals surface area contributed by atoms with Crippen LogP contribution in [0.3, 0.4) is 0 Å². The van der Waals surface area contributed by atoms with Gasteiger partial charge in [0.2, 0.25) is 5.90 Å². The van der Waals surface area contributed by atoms with Crippen molar-refractivity contribution in [1.82, 2.24) is 10.9 Å². The second kappa shape index (κ2) is 15.7. The highest BCUT2D eigenvalue weighted by Crippen LogP contribution is 2.42. The molecule has 2 atom stereocenters. The van der Waals surface area contributed by atoms with Gasteiger partial charge in [0.05, 0.1) is 6.61 Å². The first-order valence-corrected chi connectivity index (χ1v) is 15.1. The van der Waals surface area contributed by atoms with Gasteiger partial charge in [0.15, 0.2) is 11.6 Å². The van der Waals surface area contributed by atoms with Crippen LogP contribution < -0.4 is 15.6 Å². The van der Waals surface area contributed by atoms with Gasteiger partial charge in [-0.2, -0.15) is 0 Å². The highest BCUT2D eigenvalue weighted by Gasteiger charge is 2.52. The van der Waals surface area contributed by atoms with Gasteiger partial charge in [-0.25, -0.2) is 10.4 Å². The van der Waals surface area contributed by atoms with Crippen molar-refractivity contribution in [2.24, 2.45) is 4.99 Å². The Morgan fingerprint density at radius 3 is 2.27 bits per heavy atom. The Hall–Kier alpha value is -4.72. The molecule has 0 spiro atoms. The van der Waals surface area contributed by atoms with Gasteiger partial charge in [-0.3, -0.25) is 10.2 Å². The Labute approximate surface area is 259 Å². The molecular weight excluding hydrogens is 550 g/mol. The van der Waals surface area contributed by atoms with E-state index in [0.29, 0.717) is 37.6 Å². The van der Waals surface area contributed by atoms with Gasteiger partial charge in [-0.05, 0) is 53.8 Å². The minimum atomic E-state index is -1.26. The van der Waals surface area contributed by atoms with Crippen LogP contribution in [0.1, 0.15) is 47.6 Å². The topological polar surface area (TPSA) is 92.2 Å². The molecule has 0 unspecified atom stereocenters. The van der Waals surface area contributed by atoms with E-state index in [0.717, 1.165) is 29.5 Å². The summed E-state index contributed by atoms with van der Waals surface area (Å²) in [5, 5.41) is 9.04. The summed E-state index contributed by atoms with van der Waals surface area (Å²) in [7, 11) is 0. The van der Waals surface area contributed by atoms with Gasteiger partial charge in [-0.15, -0.1) is 0 Å². The van der Waals surface area contributed by atoms with E-state index in [9.17, 15) is 4.79 Å². The zero-order valence-electron chi connectivity index (χ0n) is 24.8. The molecule has 0 fully saturated rings. The number of rotatable bonds is 15. The number of aliphatic imine (C=N–C) groups is 1. The van der Waals surface area contributed by atoms with Gasteiger partial charge in [0.25, 0.3) is 5.91 Å². The molecule has 0 bridgehead atoms. The van der Waals surface area contributed by atoms with Crippen molar-refractivity contribution < 1.29 is 19.4 Å². The lowest BCUT2D eigenvalue weighted by Gasteiger charge is -2.29. The predicted octanol–water partition coefficient (Wildman–Crippen LogP) is 6.06. The molecule has 4 aromatic rings. The van der Waals surface area contributed by atoms with Gasteiger partial charge < -0.3 is 14.6 Å². The standard InChI is InChI=1S/C37H39N3O4/c41-27-12-28-43-33-23-21-32(22-24-33)35-39-37(25-10-17-29-13-4-1-5-14-29,34(44-35)31-19-8-3-9-20-31)36(42)40-38-26-11-18-30-15-6-2-7-16-30/h1-10,13-17,19-24,34,38,41H,11-12,18,25-28H2,(H,40,42)/b17-10+/t34-,37-/m0/s1. The second-order valence-corrected chi connectivity index (χ2v) is 10.7. The third-order valence-electron chi connectivity index (χ3n) is 7.48. The molecule has 5 rings (SSSR count). The fourth-order valence-corrected chi connectivity index (χ4v) is 5.16. The van der Waals surface area contributed by atoms with E-state index in [4.69, 9.17) is 19.6 Å². The molecular formula is C37H39N3O4. The lowest BCUT2D eigenvalue weighted by molar-refractivity contribution is -0.129. The van der Waals surface area contributed by atoms with Gasteiger partial charge in [0.1, 0.15) is 5.75 Å². The van der Waals surface area contributed by atoms with Crippen LogP contribution in [0.5, 0.6) is 5.75 Å². The Kier molecular flexibility index (Phi) is 10.9.